The van der Waals surface area contributed by atoms with E-state index in [1.165, 1.54) is 0 Å². The first kappa shape index (κ1) is 24.3. The molecule has 1 aromatic carbocycles. The standard InChI is InChI=1S/C21H32N4O2.HI/c1-7-22-20(24-14-17-12-18(15(2)3)25-27-17)23-13-16-10-8-9-11-19(16)26-21(4,5)6;/h8-12,15H,7,13-14H2,1-6H3,(H2,22,23,24);1H. The topological polar surface area (TPSA) is 71.7 Å². The molecular weight excluding hydrogens is 467 g/mol. The molecule has 1 aromatic heterocycles. The van der Waals surface area contributed by atoms with Gasteiger partial charge in [0, 0.05) is 18.2 Å². The third-order valence-electron chi connectivity index (χ3n) is 3.74. The maximum absolute atomic E-state index is 6.05. The highest BCUT2D eigenvalue weighted by molar-refractivity contribution is 14.0. The van der Waals surface area contributed by atoms with Crippen molar-refractivity contribution >= 4 is 29.9 Å². The van der Waals surface area contributed by atoms with Crippen molar-refractivity contribution in [3.8, 4) is 5.75 Å². The van der Waals surface area contributed by atoms with Gasteiger partial charge in [0.2, 0.25) is 0 Å². The highest BCUT2D eigenvalue weighted by Crippen LogP contribution is 2.23. The van der Waals surface area contributed by atoms with Crippen molar-refractivity contribution < 1.29 is 9.26 Å². The molecule has 0 spiro atoms. The number of rotatable bonds is 7. The zero-order valence-corrected chi connectivity index (χ0v) is 20.0. The molecule has 0 bridgehead atoms. The summed E-state index contributed by atoms with van der Waals surface area (Å²) in [5.41, 5.74) is 1.76. The minimum Gasteiger partial charge on any atom is -0.488 e. The van der Waals surface area contributed by atoms with E-state index < -0.39 is 0 Å². The highest BCUT2D eigenvalue weighted by atomic mass is 127. The monoisotopic (exact) mass is 500 g/mol. The summed E-state index contributed by atoms with van der Waals surface area (Å²) in [5.74, 6) is 2.73. The quantitative estimate of drug-likeness (QED) is 0.323. The maximum atomic E-state index is 6.05. The minimum absolute atomic E-state index is 0. The van der Waals surface area contributed by atoms with Gasteiger partial charge < -0.3 is 19.9 Å². The average Bonchev–Trinajstić information content (AvgIpc) is 3.06. The number of hydrogen-bond acceptors (Lipinski definition) is 4. The predicted octanol–water partition coefficient (Wildman–Crippen LogP) is 4.85. The number of hydrogen-bond donors (Lipinski definition) is 2. The fourth-order valence-electron chi connectivity index (χ4n) is 2.43. The van der Waals surface area contributed by atoms with Gasteiger partial charge in [-0.3, -0.25) is 0 Å². The molecule has 0 aliphatic heterocycles. The van der Waals surface area contributed by atoms with E-state index in [0.717, 1.165) is 35.3 Å². The second-order valence-corrected chi connectivity index (χ2v) is 7.74. The molecule has 28 heavy (non-hydrogen) atoms. The molecule has 1 heterocycles. The summed E-state index contributed by atoms with van der Waals surface area (Å²) in [6.07, 6.45) is 0. The van der Waals surface area contributed by atoms with E-state index in [4.69, 9.17) is 9.26 Å². The van der Waals surface area contributed by atoms with E-state index in [1.807, 2.05) is 58.0 Å². The first-order valence-corrected chi connectivity index (χ1v) is 9.53. The summed E-state index contributed by atoms with van der Waals surface area (Å²) < 4.78 is 11.4. The molecule has 0 radical (unpaired) electrons. The van der Waals surface area contributed by atoms with Gasteiger partial charge in [-0.25, -0.2) is 4.99 Å². The first-order chi connectivity index (χ1) is 12.8. The van der Waals surface area contributed by atoms with E-state index in [-0.39, 0.29) is 29.6 Å². The molecule has 156 valence electrons. The van der Waals surface area contributed by atoms with Crippen molar-refractivity contribution in [1.29, 1.82) is 0 Å². The van der Waals surface area contributed by atoms with Crippen molar-refractivity contribution in [2.24, 2.45) is 4.99 Å². The van der Waals surface area contributed by atoms with Crippen molar-refractivity contribution in [3.05, 3.63) is 47.3 Å². The highest BCUT2D eigenvalue weighted by Gasteiger charge is 2.14. The number of nitrogens with one attached hydrogen (secondary N) is 2. The van der Waals surface area contributed by atoms with Crippen LogP contribution in [-0.4, -0.2) is 23.3 Å². The number of benzene rings is 1. The number of para-hydroxylation sites is 1. The molecular formula is C21H33IN4O2. The Morgan fingerprint density at radius 2 is 1.93 bits per heavy atom. The Kier molecular flexibility index (Phi) is 9.78. The SMILES string of the molecule is CCNC(=NCc1ccccc1OC(C)(C)C)NCc1cc(C(C)C)no1.I. The van der Waals surface area contributed by atoms with Crippen LogP contribution in [0.5, 0.6) is 5.75 Å². The van der Waals surface area contributed by atoms with Gasteiger partial charge in [0.25, 0.3) is 0 Å². The molecule has 6 nitrogen and oxygen atoms in total. The molecule has 2 aromatic rings. The van der Waals surface area contributed by atoms with Crippen LogP contribution in [-0.2, 0) is 13.1 Å². The van der Waals surface area contributed by atoms with Gasteiger partial charge in [-0.05, 0) is 39.7 Å². The van der Waals surface area contributed by atoms with E-state index in [9.17, 15) is 0 Å². The van der Waals surface area contributed by atoms with E-state index in [1.54, 1.807) is 0 Å². The van der Waals surface area contributed by atoms with Gasteiger partial charge in [-0.1, -0.05) is 37.2 Å². The lowest BCUT2D eigenvalue weighted by Crippen LogP contribution is -2.36. The van der Waals surface area contributed by atoms with Crippen LogP contribution in [0.25, 0.3) is 0 Å². The van der Waals surface area contributed by atoms with E-state index >= 15 is 0 Å². The third-order valence-corrected chi connectivity index (χ3v) is 3.74. The molecule has 7 heteroatoms. The lowest BCUT2D eigenvalue weighted by Gasteiger charge is -2.23. The van der Waals surface area contributed by atoms with Gasteiger partial charge in [0.15, 0.2) is 11.7 Å². The fourth-order valence-corrected chi connectivity index (χ4v) is 2.43. The smallest absolute Gasteiger partial charge is 0.191 e. The number of aliphatic imine (C=N–C) groups is 1. The summed E-state index contributed by atoms with van der Waals surface area (Å²) in [4.78, 5) is 4.68. The van der Waals surface area contributed by atoms with Crippen LogP contribution in [0.2, 0.25) is 0 Å². The van der Waals surface area contributed by atoms with Gasteiger partial charge in [-0.15, -0.1) is 24.0 Å². The van der Waals surface area contributed by atoms with Crippen LogP contribution in [0.1, 0.15) is 64.5 Å². The Morgan fingerprint density at radius 1 is 1.21 bits per heavy atom. The number of nitrogens with zero attached hydrogens (tertiary/aromatic N) is 2. The van der Waals surface area contributed by atoms with Crippen LogP contribution < -0.4 is 15.4 Å². The van der Waals surface area contributed by atoms with Gasteiger partial charge in [0.1, 0.15) is 11.4 Å². The molecule has 0 aliphatic carbocycles. The lowest BCUT2D eigenvalue weighted by atomic mass is 10.1. The Labute approximate surface area is 185 Å². The minimum atomic E-state index is -0.247. The van der Waals surface area contributed by atoms with Gasteiger partial charge in [-0.2, -0.15) is 0 Å². The zero-order valence-electron chi connectivity index (χ0n) is 17.7. The summed E-state index contributed by atoms with van der Waals surface area (Å²) in [7, 11) is 0. The Balaban J connectivity index is 0.00000392. The molecule has 0 saturated heterocycles. The van der Waals surface area contributed by atoms with Crippen LogP contribution in [0, 0.1) is 0 Å². The van der Waals surface area contributed by atoms with E-state index in [0.29, 0.717) is 19.0 Å². The molecule has 2 rings (SSSR count). The van der Waals surface area contributed by atoms with E-state index in [2.05, 4.69) is 34.6 Å². The maximum Gasteiger partial charge on any atom is 0.191 e. The van der Waals surface area contributed by atoms with Crippen molar-refractivity contribution in [3.63, 3.8) is 0 Å². The summed E-state index contributed by atoms with van der Waals surface area (Å²) in [6.45, 7) is 14.2. The largest absolute Gasteiger partial charge is 0.488 e. The number of halogens is 1. The van der Waals surface area contributed by atoms with Crippen molar-refractivity contribution in [2.45, 2.75) is 66.2 Å². The normalized spacial score (nSPS) is 11.9. The van der Waals surface area contributed by atoms with Crippen LogP contribution in [0.15, 0.2) is 39.8 Å². The van der Waals surface area contributed by atoms with Gasteiger partial charge >= 0.3 is 0 Å². The second-order valence-electron chi connectivity index (χ2n) is 7.74. The van der Waals surface area contributed by atoms with Crippen LogP contribution >= 0.6 is 24.0 Å². The summed E-state index contributed by atoms with van der Waals surface area (Å²) >= 11 is 0. The van der Waals surface area contributed by atoms with Crippen LogP contribution in [0.4, 0.5) is 0 Å². The number of ether oxygens (including phenoxy) is 1. The Hall–Kier alpha value is -1.77. The molecule has 0 atom stereocenters. The van der Waals surface area contributed by atoms with Crippen molar-refractivity contribution in [1.82, 2.24) is 15.8 Å². The fraction of sp³-hybridized carbons (Fsp3) is 0.524. The molecule has 0 aliphatic rings. The second kappa shape index (κ2) is 11.3. The first-order valence-electron chi connectivity index (χ1n) is 9.53. The average molecular weight is 500 g/mol. The molecule has 0 amide bonds. The molecule has 0 fully saturated rings. The lowest BCUT2D eigenvalue weighted by molar-refractivity contribution is 0.129. The Morgan fingerprint density at radius 3 is 2.54 bits per heavy atom. The number of guanidine groups is 1. The summed E-state index contributed by atoms with van der Waals surface area (Å²) in [5, 5.41) is 10.6. The number of aromatic nitrogens is 1. The Bertz CT molecular complexity index is 751. The third kappa shape index (κ3) is 8.08. The van der Waals surface area contributed by atoms with Crippen LogP contribution in [0.3, 0.4) is 0 Å². The zero-order chi connectivity index (χ0) is 19.9. The van der Waals surface area contributed by atoms with Crippen molar-refractivity contribution in [2.75, 3.05) is 6.54 Å². The van der Waals surface area contributed by atoms with Gasteiger partial charge in [0.05, 0.1) is 18.8 Å². The molecule has 0 unspecified atom stereocenters. The predicted molar refractivity (Wildman–Crippen MR) is 124 cm³/mol. The summed E-state index contributed by atoms with van der Waals surface area (Å²) in [6, 6.07) is 9.99. The molecule has 2 N–H and O–H groups in total. The molecule has 0 saturated carbocycles.